The highest BCUT2D eigenvalue weighted by Crippen LogP contribution is 2.56. The maximum absolute atomic E-state index is 9.91. The second-order valence-corrected chi connectivity index (χ2v) is 6.32. The molecule has 2 aliphatic carbocycles. The second kappa shape index (κ2) is 4.03. The number of hydrogen-bond acceptors (Lipinski definition) is 1. The van der Waals surface area contributed by atoms with Crippen LogP contribution in [-0.2, 0) is 0 Å². The highest BCUT2D eigenvalue weighted by molar-refractivity contribution is 5.16. The number of aliphatic hydroxyl groups is 1. The third-order valence-corrected chi connectivity index (χ3v) is 4.75. The minimum atomic E-state index is -0.308. The summed E-state index contributed by atoms with van der Waals surface area (Å²) in [6, 6.07) is 0. The van der Waals surface area contributed by atoms with E-state index in [2.05, 4.69) is 27.0 Å². The first kappa shape index (κ1) is 11.9. The summed E-state index contributed by atoms with van der Waals surface area (Å²) in [5.74, 6) is 1.45. The van der Waals surface area contributed by atoms with Gasteiger partial charge in [0.05, 0.1) is 6.10 Å². The van der Waals surface area contributed by atoms with Crippen molar-refractivity contribution in [2.75, 3.05) is 0 Å². The molecule has 0 unspecified atom stereocenters. The first-order chi connectivity index (χ1) is 7.42. The van der Waals surface area contributed by atoms with Crippen LogP contribution < -0.4 is 0 Å². The zero-order valence-corrected chi connectivity index (χ0v) is 10.6. The third-order valence-electron chi connectivity index (χ3n) is 4.75. The number of rotatable bonds is 0. The molecule has 2 fully saturated rings. The zero-order valence-electron chi connectivity index (χ0n) is 10.6. The lowest BCUT2D eigenvalue weighted by molar-refractivity contribution is 0.00409. The number of aliphatic hydroxyl groups excluding tert-OH is 1. The molecule has 90 valence electrons. The van der Waals surface area contributed by atoms with Crippen molar-refractivity contribution in [3.05, 3.63) is 24.3 Å². The first-order valence-electron chi connectivity index (χ1n) is 6.45. The van der Waals surface area contributed by atoms with Crippen molar-refractivity contribution in [2.24, 2.45) is 17.3 Å². The predicted octanol–water partition coefficient (Wildman–Crippen LogP) is 3.70. The number of allylic oxidation sites excluding steroid dienone is 1. The van der Waals surface area contributed by atoms with Crippen LogP contribution in [0.4, 0.5) is 0 Å². The molecular weight excluding hydrogens is 196 g/mol. The lowest BCUT2D eigenvalue weighted by atomic mass is 9.52. The van der Waals surface area contributed by atoms with Gasteiger partial charge in [0, 0.05) is 0 Å². The van der Waals surface area contributed by atoms with Crippen molar-refractivity contribution in [1.29, 1.82) is 0 Å². The Morgan fingerprint density at radius 2 is 1.75 bits per heavy atom. The first-order valence-corrected chi connectivity index (χ1v) is 6.45. The molecule has 0 bridgehead atoms. The minimum absolute atomic E-state index is 0.308. The predicted molar refractivity (Wildman–Crippen MR) is 68.1 cm³/mol. The van der Waals surface area contributed by atoms with Gasteiger partial charge in [0.1, 0.15) is 0 Å². The van der Waals surface area contributed by atoms with E-state index in [9.17, 15) is 5.11 Å². The van der Waals surface area contributed by atoms with Gasteiger partial charge in [0.15, 0.2) is 0 Å². The van der Waals surface area contributed by atoms with Crippen molar-refractivity contribution in [3.63, 3.8) is 0 Å². The van der Waals surface area contributed by atoms with Crippen LogP contribution in [0.3, 0.4) is 0 Å². The van der Waals surface area contributed by atoms with E-state index in [0.29, 0.717) is 11.3 Å². The van der Waals surface area contributed by atoms with Gasteiger partial charge in [0.2, 0.25) is 0 Å². The van der Waals surface area contributed by atoms with Gasteiger partial charge in [-0.2, -0.15) is 0 Å². The van der Waals surface area contributed by atoms with Gasteiger partial charge < -0.3 is 5.11 Å². The van der Waals surface area contributed by atoms with Crippen LogP contribution >= 0.6 is 0 Å². The fourth-order valence-corrected chi connectivity index (χ4v) is 3.48. The van der Waals surface area contributed by atoms with E-state index < -0.39 is 0 Å². The van der Waals surface area contributed by atoms with E-state index >= 15 is 0 Å². The molecule has 3 atom stereocenters. The molecule has 2 saturated carbocycles. The average molecular weight is 220 g/mol. The molecule has 0 radical (unpaired) electrons. The summed E-state index contributed by atoms with van der Waals surface area (Å²) >= 11 is 0. The maximum Gasteiger partial charge on any atom is 0.0750 e. The molecule has 0 aromatic rings. The summed E-state index contributed by atoms with van der Waals surface area (Å²) in [6.45, 7) is 13.0. The Balaban J connectivity index is 2.12. The molecule has 0 amide bonds. The molecule has 0 aromatic heterocycles. The Bertz CT molecular complexity index is 313. The Labute approximate surface area is 99.3 Å². The van der Waals surface area contributed by atoms with Crippen LogP contribution in [0.5, 0.6) is 0 Å². The molecule has 2 aliphatic rings. The van der Waals surface area contributed by atoms with Crippen molar-refractivity contribution in [3.8, 4) is 0 Å². The van der Waals surface area contributed by atoms with E-state index in [1.165, 1.54) is 18.4 Å². The maximum atomic E-state index is 9.91. The smallest absolute Gasteiger partial charge is 0.0750 e. The molecule has 1 nitrogen and oxygen atoms in total. The molecule has 0 aromatic carbocycles. The third kappa shape index (κ3) is 1.98. The molecule has 0 heterocycles. The van der Waals surface area contributed by atoms with E-state index in [1.54, 1.807) is 0 Å². The van der Waals surface area contributed by atoms with Crippen molar-refractivity contribution in [1.82, 2.24) is 0 Å². The summed E-state index contributed by atoms with van der Waals surface area (Å²) in [6.07, 6.45) is 4.92. The van der Waals surface area contributed by atoms with Gasteiger partial charge in [-0.3, -0.25) is 0 Å². The highest BCUT2D eigenvalue weighted by Gasteiger charge is 2.47. The van der Waals surface area contributed by atoms with Gasteiger partial charge >= 0.3 is 0 Å². The van der Waals surface area contributed by atoms with Crippen molar-refractivity contribution >= 4 is 0 Å². The van der Waals surface area contributed by atoms with E-state index in [-0.39, 0.29) is 6.10 Å². The average Bonchev–Trinajstić information content (AvgIpc) is 2.24. The fourth-order valence-electron chi connectivity index (χ4n) is 3.48. The molecule has 0 saturated heterocycles. The molecule has 0 spiro atoms. The summed E-state index contributed by atoms with van der Waals surface area (Å²) in [4.78, 5) is 0. The van der Waals surface area contributed by atoms with Gasteiger partial charge in [-0.25, -0.2) is 0 Å². The van der Waals surface area contributed by atoms with Crippen LogP contribution in [0.25, 0.3) is 0 Å². The van der Waals surface area contributed by atoms with Gasteiger partial charge in [-0.05, 0) is 54.9 Å². The van der Waals surface area contributed by atoms with Crippen LogP contribution in [-0.4, -0.2) is 11.2 Å². The Morgan fingerprint density at radius 1 is 1.12 bits per heavy atom. The molecule has 1 N–H and O–H groups in total. The number of fused-ring (bicyclic) bond motifs is 1. The molecule has 1 heteroatoms. The summed E-state index contributed by atoms with van der Waals surface area (Å²) in [5, 5.41) is 9.91. The molecular formula is C15H24O. The van der Waals surface area contributed by atoms with Crippen molar-refractivity contribution < 1.29 is 5.11 Å². The quantitative estimate of drug-likeness (QED) is 0.617. The normalized spacial score (nSPS) is 39.1. The molecule has 0 aliphatic heterocycles. The van der Waals surface area contributed by atoms with E-state index in [4.69, 9.17) is 0 Å². The molecule has 2 rings (SSSR count). The second-order valence-electron chi connectivity index (χ2n) is 6.32. The lowest BCUT2D eigenvalue weighted by Crippen LogP contribution is -2.44. The fraction of sp³-hybridized carbons (Fsp3) is 0.733. The standard InChI is InChI=1S/C15H24O/c1-10-6-8-14(16)11(2)5-7-13-12(10)9-15(13,3)4/h12-14,16H,1-2,5-9H2,3-4H3/t12-,13+,14+/m1/s1. The van der Waals surface area contributed by atoms with E-state index in [0.717, 1.165) is 30.8 Å². The lowest BCUT2D eigenvalue weighted by Gasteiger charge is -2.53. The Kier molecular flexibility index (Phi) is 3.00. The van der Waals surface area contributed by atoms with Crippen LogP contribution in [0, 0.1) is 17.3 Å². The molecule has 16 heavy (non-hydrogen) atoms. The summed E-state index contributed by atoms with van der Waals surface area (Å²) < 4.78 is 0. The van der Waals surface area contributed by atoms with E-state index in [1.807, 2.05) is 0 Å². The topological polar surface area (TPSA) is 20.2 Å². The van der Waals surface area contributed by atoms with Crippen LogP contribution in [0.1, 0.15) is 46.0 Å². The zero-order chi connectivity index (χ0) is 11.9. The SMILES string of the molecule is C=C1CC[C@H](O)C(=C)CC[C@H]2[C@@H]1CC2(C)C. The monoisotopic (exact) mass is 220 g/mol. The number of hydrogen-bond donors (Lipinski definition) is 1. The Hall–Kier alpha value is -0.560. The highest BCUT2D eigenvalue weighted by atomic mass is 16.3. The van der Waals surface area contributed by atoms with Crippen molar-refractivity contribution in [2.45, 2.75) is 52.1 Å². The largest absolute Gasteiger partial charge is 0.389 e. The summed E-state index contributed by atoms with van der Waals surface area (Å²) in [7, 11) is 0. The Morgan fingerprint density at radius 3 is 2.38 bits per heavy atom. The van der Waals surface area contributed by atoms with Gasteiger partial charge in [-0.1, -0.05) is 32.6 Å². The van der Waals surface area contributed by atoms with Crippen LogP contribution in [0.2, 0.25) is 0 Å². The van der Waals surface area contributed by atoms with Gasteiger partial charge in [-0.15, -0.1) is 0 Å². The summed E-state index contributed by atoms with van der Waals surface area (Å²) in [5.41, 5.74) is 2.85. The van der Waals surface area contributed by atoms with Gasteiger partial charge in [0.25, 0.3) is 0 Å². The van der Waals surface area contributed by atoms with Crippen LogP contribution in [0.15, 0.2) is 24.3 Å². The minimum Gasteiger partial charge on any atom is -0.389 e.